The molecule has 1 aliphatic heterocycles. The minimum Gasteiger partial charge on any atom is -0.452 e. The van der Waals surface area contributed by atoms with Crippen LogP contribution < -0.4 is 9.47 Å². The minimum absolute atomic E-state index is 0.00258. The molecule has 0 atom stereocenters. The fraction of sp³-hybridized carbons (Fsp3) is 0.154. The van der Waals surface area contributed by atoms with Gasteiger partial charge in [-0.1, -0.05) is 56.6 Å². The molecule has 3 aromatic rings. The third-order valence-electron chi connectivity index (χ3n) is 4.99. The van der Waals surface area contributed by atoms with Crippen LogP contribution in [0.1, 0.15) is 52.6 Å². The van der Waals surface area contributed by atoms with Crippen LogP contribution in [-0.2, 0) is 5.41 Å². The van der Waals surface area contributed by atoms with Crippen molar-refractivity contribution in [2.24, 2.45) is 0 Å². The summed E-state index contributed by atoms with van der Waals surface area (Å²) >= 11 is 6.00. The molecule has 0 amide bonds. The summed E-state index contributed by atoms with van der Waals surface area (Å²) in [4.78, 5) is 25.1. The van der Waals surface area contributed by atoms with E-state index in [-0.39, 0.29) is 17.0 Å². The molecule has 1 aliphatic rings. The monoisotopic (exact) mass is 432 g/mol. The van der Waals surface area contributed by atoms with Crippen LogP contribution in [0.25, 0.3) is 6.08 Å². The normalized spacial score (nSPS) is 14.3. The largest absolute Gasteiger partial charge is 0.452 e. The van der Waals surface area contributed by atoms with E-state index in [1.54, 1.807) is 54.6 Å². The molecule has 0 fully saturated rings. The number of hydrogen-bond acceptors (Lipinski definition) is 4. The third kappa shape index (κ3) is 4.54. The second kappa shape index (κ2) is 8.05. The van der Waals surface area contributed by atoms with Gasteiger partial charge in [0.2, 0.25) is 5.78 Å². The van der Waals surface area contributed by atoms with Crippen LogP contribution in [0.15, 0.2) is 72.5 Å². The Hall–Kier alpha value is -3.37. The van der Waals surface area contributed by atoms with Gasteiger partial charge in [0.05, 0.1) is 11.1 Å². The Kier molecular flexibility index (Phi) is 5.42. The molecule has 0 saturated carbocycles. The van der Waals surface area contributed by atoms with Crippen molar-refractivity contribution in [3.63, 3.8) is 0 Å². The quantitative estimate of drug-likeness (QED) is 0.270. The van der Waals surface area contributed by atoms with E-state index in [4.69, 9.17) is 21.1 Å². The summed E-state index contributed by atoms with van der Waals surface area (Å²) in [5, 5.41) is 0.571. The summed E-state index contributed by atoms with van der Waals surface area (Å²) in [5.74, 6) is 0.149. The Morgan fingerprint density at radius 2 is 1.74 bits per heavy atom. The molecule has 4 nitrogen and oxygen atoms in total. The van der Waals surface area contributed by atoms with Gasteiger partial charge >= 0.3 is 5.97 Å². The first-order chi connectivity index (χ1) is 14.7. The number of Topliss-reactive ketones (excluding diaryl/α,β-unsaturated/α-hetero) is 1. The molecule has 4 rings (SSSR count). The lowest BCUT2D eigenvalue weighted by atomic mass is 9.87. The van der Waals surface area contributed by atoms with Crippen LogP contribution in [0, 0.1) is 0 Å². The molecule has 0 N–H and O–H groups in total. The number of carbonyl (C=O) groups is 2. The van der Waals surface area contributed by atoms with Crippen LogP contribution >= 0.6 is 11.6 Å². The van der Waals surface area contributed by atoms with E-state index < -0.39 is 5.97 Å². The molecule has 1 heterocycles. The van der Waals surface area contributed by atoms with Crippen molar-refractivity contribution in [2.75, 3.05) is 0 Å². The number of hydrogen-bond donors (Lipinski definition) is 0. The van der Waals surface area contributed by atoms with Gasteiger partial charge < -0.3 is 9.47 Å². The highest BCUT2D eigenvalue weighted by atomic mass is 35.5. The molecule has 31 heavy (non-hydrogen) atoms. The van der Waals surface area contributed by atoms with Crippen LogP contribution in [0.2, 0.25) is 5.02 Å². The van der Waals surface area contributed by atoms with Crippen molar-refractivity contribution in [3.8, 4) is 11.5 Å². The molecule has 0 unspecified atom stereocenters. The fourth-order valence-corrected chi connectivity index (χ4v) is 3.45. The van der Waals surface area contributed by atoms with Gasteiger partial charge in [-0.3, -0.25) is 4.79 Å². The maximum absolute atomic E-state index is 12.6. The highest BCUT2D eigenvalue weighted by Gasteiger charge is 2.28. The Bertz CT molecular complexity index is 1200. The molecule has 3 aromatic carbocycles. The standard InChI is InChI=1S/C26H21ClO4/c1-26(2,3)18-9-7-17(8-10-18)25(29)30-20-11-12-21-22(15-20)31-23(24(21)28)14-16-5-4-6-19(27)13-16/h4-15H,1-3H3/b23-14-. The maximum atomic E-state index is 12.6. The second-order valence-electron chi connectivity index (χ2n) is 8.37. The van der Waals surface area contributed by atoms with Gasteiger partial charge in [0.25, 0.3) is 0 Å². The summed E-state index contributed by atoms with van der Waals surface area (Å²) in [6.07, 6.45) is 1.64. The molecule has 0 aliphatic carbocycles. The summed E-state index contributed by atoms with van der Waals surface area (Å²) in [6, 6.07) is 19.2. The number of ether oxygens (including phenoxy) is 2. The number of ketones is 1. The topological polar surface area (TPSA) is 52.6 Å². The van der Waals surface area contributed by atoms with E-state index in [2.05, 4.69) is 20.8 Å². The smallest absolute Gasteiger partial charge is 0.343 e. The summed E-state index contributed by atoms with van der Waals surface area (Å²) in [5.41, 5.74) is 2.76. The van der Waals surface area contributed by atoms with E-state index >= 15 is 0 Å². The number of carbonyl (C=O) groups excluding carboxylic acids is 2. The van der Waals surface area contributed by atoms with Crippen molar-refractivity contribution in [1.82, 2.24) is 0 Å². The van der Waals surface area contributed by atoms with Crippen molar-refractivity contribution in [2.45, 2.75) is 26.2 Å². The van der Waals surface area contributed by atoms with Gasteiger partial charge in [-0.25, -0.2) is 4.79 Å². The van der Waals surface area contributed by atoms with E-state index in [1.807, 2.05) is 18.2 Å². The lowest BCUT2D eigenvalue weighted by Gasteiger charge is -2.18. The van der Waals surface area contributed by atoms with Gasteiger partial charge in [0.15, 0.2) is 5.76 Å². The second-order valence-corrected chi connectivity index (χ2v) is 8.81. The van der Waals surface area contributed by atoms with E-state index in [0.717, 1.165) is 11.1 Å². The lowest BCUT2D eigenvalue weighted by molar-refractivity contribution is 0.0734. The van der Waals surface area contributed by atoms with Crippen molar-refractivity contribution >= 4 is 29.4 Å². The van der Waals surface area contributed by atoms with E-state index in [0.29, 0.717) is 27.6 Å². The summed E-state index contributed by atoms with van der Waals surface area (Å²) in [6.45, 7) is 6.34. The number of esters is 1. The molecule has 0 aromatic heterocycles. The molecule has 0 spiro atoms. The van der Waals surface area contributed by atoms with Crippen LogP contribution in [0.5, 0.6) is 11.5 Å². The molecule has 156 valence electrons. The first-order valence-corrected chi connectivity index (χ1v) is 10.2. The van der Waals surface area contributed by atoms with E-state index in [1.165, 1.54) is 0 Å². The molecule has 5 heteroatoms. The summed E-state index contributed by atoms with van der Waals surface area (Å²) < 4.78 is 11.2. The number of rotatable bonds is 3. The van der Waals surface area contributed by atoms with Crippen LogP contribution in [0.3, 0.4) is 0 Å². The highest BCUT2D eigenvalue weighted by Crippen LogP contribution is 2.35. The maximum Gasteiger partial charge on any atom is 0.343 e. The predicted octanol–water partition coefficient (Wildman–Crippen LogP) is 6.47. The van der Waals surface area contributed by atoms with E-state index in [9.17, 15) is 9.59 Å². The minimum atomic E-state index is -0.473. The number of fused-ring (bicyclic) bond motifs is 1. The Morgan fingerprint density at radius 1 is 1.00 bits per heavy atom. The number of halogens is 1. The first kappa shape index (κ1) is 20.9. The van der Waals surface area contributed by atoms with Gasteiger partial charge in [-0.05, 0) is 59.0 Å². The average Bonchev–Trinajstić information content (AvgIpc) is 3.02. The van der Waals surface area contributed by atoms with Gasteiger partial charge in [0.1, 0.15) is 11.5 Å². The Labute approximate surface area is 186 Å². The molecular formula is C26H21ClO4. The van der Waals surface area contributed by atoms with Crippen molar-refractivity contribution in [3.05, 3.63) is 99.8 Å². The predicted molar refractivity (Wildman–Crippen MR) is 121 cm³/mol. The Morgan fingerprint density at radius 3 is 2.42 bits per heavy atom. The molecule has 0 radical (unpaired) electrons. The molecular weight excluding hydrogens is 412 g/mol. The number of benzene rings is 3. The van der Waals surface area contributed by atoms with Crippen molar-refractivity contribution < 1.29 is 19.1 Å². The lowest BCUT2D eigenvalue weighted by Crippen LogP contribution is -2.12. The Balaban J connectivity index is 1.51. The van der Waals surface area contributed by atoms with Crippen LogP contribution in [0.4, 0.5) is 0 Å². The molecule has 0 bridgehead atoms. The average molecular weight is 433 g/mol. The fourth-order valence-electron chi connectivity index (χ4n) is 3.25. The van der Waals surface area contributed by atoms with Crippen molar-refractivity contribution in [1.29, 1.82) is 0 Å². The summed E-state index contributed by atoms with van der Waals surface area (Å²) in [7, 11) is 0. The SMILES string of the molecule is CC(C)(C)c1ccc(C(=O)Oc2ccc3c(c2)O/C(=C\c2cccc(Cl)c2)C3=O)cc1. The molecule has 0 saturated heterocycles. The van der Waals surface area contributed by atoms with Crippen LogP contribution in [-0.4, -0.2) is 11.8 Å². The zero-order chi connectivity index (χ0) is 22.2. The zero-order valence-electron chi connectivity index (χ0n) is 17.4. The van der Waals surface area contributed by atoms with Gasteiger partial charge in [-0.15, -0.1) is 0 Å². The number of allylic oxidation sites excluding steroid dienone is 1. The highest BCUT2D eigenvalue weighted by molar-refractivity contribution is 6.30. The van der Waals surface area contributed by atoms with Gasteiger partial charge in [-0.2, -0.15) is 0 Å². The third-order valence-corrected chi connectivity index (χ3v) is 5.22. The zero-order valence-corrected chi connectivity index (χ0v) is 18.2. The van der Waals surface area contributed by atoms with Gasteiger partial charge in [0, 0.05) is 11.1 Å². The first-order valence-electron chi connectivity index (χ1n) is 9.87.